The molecule has 3 heterocycles. The Bertz CT molecular complexity index is 940. The molecule has 1 atom stereocenters. The van der Waals surface area contributed by atoms with Crippen LogP contribution in [0.1, 0.15) is 17.9 Å². The van der Waals surface area contributed by atoms with Crippen molar-refractivity contribution >= 4 is 16.5 Å². The van der Waals surface area contributed by atoms with Crippen LogP contribution in [0, 0.1) is 6.92 Å². The van der Waals surface area contributed by atoms with Gasteiger partial charge in [0.2, 0.25) is 11.7 Å². The molecule has 6 nitrogen and oxygen atoms in total. The number of halogens is 3. The van der Waals surface area contributed by atoms with E-state index < -0.39 is 11.7 Å². The molecule has 2 aromatic heterocycles. The number of anilines is 1. The van der Waals surface area contributed by atoms with Crippen LogP contribution in [0.3, 0.4) is 0 Å². The summed E-state index contributed by atoms with van der Waals surface area (Å²) in [5, 5.41) is 4.62. The van der Waals surface area contributed by atoms with Crippen LogP contribution in [-0.2, 0) is 6.18 Å². The molecule has 1 unspecified atom stereocenters. The van der Waals surface area contributed by atoms with Crippen LogP contribution in [0.5, 0.6) is 5.75 Å². The Labute approximate surface area is 156 Å². The predicted octanol–water partition coefficient (Wildman–Crippen LogP) is 4.18. The number of ether oxygens (including phenoxy) is 1. The number of para-hydroxylation sites is 1. The maximum Gasteiger partial charge on any atom is 0.419 e. The van der Waals surface area contributed by atoms with E-state index in [2.05, 4.69) is 15.1 Å². The molecule has 0 bridgehead atoms. The summed E-state index contributed by atoms with van der Waals surface area (Å²) in [5.74, 6) is 0.805. The molecular weight excluding hydrogens is 381 g/mol. The van der Waals surface area contributed by atoms with E-state index in [1.165, 1.54) is 29.5 Å². The van der Waals surface area contributed by atoms with Gasteiger partial charge in [-0.05, 0) is 12.1 Å². The third kappa shape index (κ3) is 3.75. The summed E-state index contributed by atoms with van der Waals surface area (Å²) < 4.78 is 50.0. The second-order valence-electron chi connectivity index (χ2n) is 6.11. The normalized spacial score (nSPS) is 17.5. The summed E-state index contributed by atoms with van der Waals surface area (Å²) in [7, 11) is 0. The highest BCUT2D eigenvalue weighted by Crippen LogP contribution is 2.37. The number of aromatic nitrogens is 3. The molecule has 10 heteroatoms. The average Bonchev–Trinajstić information content (AvgIpc) is 3.34. The molecule has 1 aliphatic rings. The van der Waals surface area contributed by atoms with Crippen molar-refractivity contribution in [3.8, 4) is 16.5 Å². The molecule has 0 amide bonds. The fourth-order valence-electron chi connectivity index (χ4n) is 2.90. The molecule has 3 aromatic rings. The minimum absolute atomic E-state index is 0.140. The van der Waals surface area contributed by atoms with Crippen molar-refractivity contribution in [2.75, 3.05) is 18.0 Å². The Morgan fingerprint density at radius 1 is 1.30 bits per heavy atom. The quantitative estimate of drug-likeness (QED) is 0.659. The van der Waals surface area contributed by atoms with Crippen LogP contribution in [-0.4, -0.2) is 34.3 Å². The maximum absolute atomic E-state index is 13.1. The van der Waals surface area contributed by atoms with Crippen LogP contribution in [0.25, 0.3) is 10.7 Å². The molecule has 0 spiro atoms. The number of rotatable bonds is 4. The van der Waals surface area contributed by atoms with Gasteiger partial charge in [0.25, 0.3) is 0 Å². The van der Waals surface area contributed by atoms with Crippen LogP contribution < -0.4 is 9.64 Å². The Morgan fingerprint density at radius 3 is 2.85 bits per heavy atom. The van der Waals surface area contributed by atoms with Crippen molar-refractivity contribution in [1.29, 1.82) is 0 Å². The summed E-state index contributed by atoms with van der Waals surface area (Å²) in [6.07, 6.45) is -2.50. The monoisotopic (exact) mass is 396 g/mol. The van der Waals surface area contributed by atoms with Crippen molar-refractivity contribution in [3.63, 3.8) is 0 Å². The number of hydrogen-bond donors (Lipinski definition) is 0. The smallest absolute Gasteiger partial charge is 0.419 e. The van der Waals surface area contributed by atoms with E-state index in [0.29, 0.717) is 31.2 Å². The SMILES string of the molecule is Cc1nc(-c2cnc(N3CCC(Oc4ccccc4C(F)(F)F)C3)s2)no1. The second kappa shape index (κ2) is 6.84. The molecule has 0 N–H and O–H groups in total. The maximum atomic E-state index is 13.1. The van der Waals surface area contributed by atoms with Crippen LogP contribution in [0.15, 0.2) is 35.0 Å². The molecule has 27 heavy (non-hydrogen) atoms. The standard InChI is InChI=1S/C17H15F3N4O2S/c1-10-22-15(23-26-10)14-8-21-16(27-14)24-7-6-11(9-24)25-13-5-3-2-4-12(13)17(18,19)20/h2-5,8,11H,6-7,9H2,1H3. The summed E-state index contributed by atoms with van der Waals surface area (Å²) in [6.45, 7) is 2.82. The number of alkyl halides is 3. The predicted molar refractivity (Wildman–Crippen MR) is 92.8 cm³/mol. The van der Waals surface area contributed by atoms with Crippen molar-refractivity contribution in [2.45, 2.75) is 25.6 Å². The van der Waals surface area contributed by atoms with Gasteiger partial charge in [-0.25, -0.2) is 4.98 Å². The van der Waals surface area contributed by atoms with Gasteiger partial charge in [0.1, 0.15) is 11.9 Å². The Hall–Kier alpha value is -2.62. The van der Waals surface area contributed by atoms with Crippen LogP contribution in [0.2, 0.25) is 0 Å². The summed E-state index contributed by atoms with van der Waals surface area (Å²) in [5.41, 5.74) is -0.757. The van der Waals surface area contributed by atoms with Crippen LogP contribution >= 0.6 is 11.3 Å². The van der Waals surface area contributed by atoms with Gasteiger partial charge in [0.05, 0.1) is 23.2 Å². The highest BCUT2D eigenvalue weighted by atomic mass is 32.1. The van der Waals surface area contributed by atoms with Gasteiger partial charge in [-0.15, -0.1) is 0 Å². The summed E-state index contributed by atoms with van der Waals surface area (Å²) in [4.78, 5) is 11.3. The summed E-state index contributed by atoms with van der Waals surface area (Å²) in [6, 6.07) is 5.28. The molecule has 0 aliphatic carbocycles. The molecule has 1 aliphatic heterocycles. The minimum Gasteiger partial charge on any atom is -0.488 e. The van der Waals surface area contributed by atoms with E-state index in [-0.39, 0.29) is 11.9 Å². The van der Waals surface area contributed by atoms with Gasteiger partial charge in [0, 0.05) is 19.9 Å². The first kappa shape index (κ1) is 17.8. The number of aryl methyl sites for hydroxylation is 1. The molecule has 0 radical (unpaired) electrons. The van der Waals surface area contributed by atoms with Crippen molar-refractivity contribution < 1.29 is 22.4 Å². The molecule has 0 saturated carbocycles. The lowest BCUT2D eigenvalue weighted by atomic mass is 10.2. The fourth-order valence-corrected chi connectivity index (χ4v) is 3.77. The molecule has 4 rings (SSSR count). The third-order valence-corrected chi connectivity index (χ3v) is 5.20. The second-order valence-corrected chi connectivity index (χ2v) is 7.12. The lowest BCUT2D eigenvalue weighted by molar-refractivity contribution is -0.139. The van der Waals surface area contributed by atoms with E-state index in [0.717, 1.165) is 16.1 Å². The van der Waals surface area contributed by atoms with Gasteiger partial charge in [-0.3, -0.25) is 0 Å². The Balaban J connectivity index is 1.45. The van der Waals surface area contributed by atoms with E-state index in [1.807, 2.05) is 4.90 Å². The van der Waals surface area contributed by atoms with Crippen molar-refractivity contribution in [1.82, 2.24) is 15.1 Å². The molecule has 1 fully saturated rings. The van der Waals surface area contributed by atoms with E-state index in [1.54, 1.807) is 13.1 Å². The van der Waals surface area contributed by atoms with Gasteiger partial charge >= 0.3 is 6.18 Å². The lowest BCUT2D eigenvalue weighted by Gasteiger charge is -2.19. The molecular formula is C17H15F3N4O2S. The Kier molecular flexibility index (Phi) is 4.50. The molecule has 1 saturated heterocycles. The highest BCUT2D eigenvalue weighted by Gasteiger charge is 2.35. The zero-order chi connectivity index (χ0) is 19.0. The highest BCUT2D eigenvalue weighted by molar-refractivity contribution is 7.18. The Morgan fingerprint density at radius 2 is 2.11 bits per heavy atom. The van der Waals surface area contributed by atoms with Gasteiger partial charge < -0.3 is 14.2 Å². The first-order valence-electron chi connectivity index (χ1n) is 8.24. The topological polar surface area (TPSA) is 64.3 Å². The van der Waals surface area contributed by atoms with E-state index in [4.69, 9.17) is 9.26 Å². The van der Waals surface area contributed by atoms with Gasteiger partial charge in [0.15, 0.2) is 5.13 Å². The van der Waals surface area contributed by atoms with Gasteiger partial charge in [-0.1, -0.05) is 28.6 Å². The largest absolute Gasteiger partial charge is 0.488 e. The average molecular weight is 396 g/mol. The van der Waals surface area contributed by atoms with E-state index in [9.17, 15) is 13.2 Å². The van der Waals surface area contributed by atoms with E-state index >= 15 is 0 Å². The molecule has 1 aromatic carbocycles. The molecule has 142 valence electrons. The minimum atomic E-state index is -4.44. The van der Waals surface area contributed by atoms with Crippen molar-refractivity contribution in [2.24, 2.45) is 0 Å². The zero-order valence-electron chi connectivity index (χ0n) is 14.2. The number of thiazole rings is 1. The fraction of sp³-hybridized carbons (Fsp3) is 0.353. The van der Waals surface area contributed by atoms with Gasteiger partial charge in [-0.2, -0.15) is 18.2 Å². The number of benzene rings is 1. The number of nitrogens with zero attached hydrogens (tertiary/aromatic N) is 4. The zero-order valence-corrected chi connectivity index (χ0v) is 15.0. The van der Waals surface area contributed by atoms with Crippen LogP contribution in [0.4, 0.5) is 18.3 Å². The van der Waals surface area contributed by atoms with Crippen molar-refractivity contribution in [3.05, 3.63) is 41.9 Å². The first-order valence-corrected chi connectivity index (χ1v) is 9.06. The third-order valence-electron chi connectivity index (χ3n) is 4.14. The lowest BCUT2D eigenvalue weighted by Crippen LogP contribution is -2.25. The summed E-state index contributed by atoms with van der Waals surface area (Å²) >= 11 is 1.41. The first-order chi connectivity index (χ1) is 12.9. The number of hydrogen-bond acceptors (Lipinski definition) is 7.